The first-order valence-electron chi connectivity index (χ1n) is 6.61. The van der Waals surface area contributed by atoms with Crippen molar-refractivity contribution >= 4 is 17.6 Å². The molecule has 5 nitrogen and oxygen atoms in total. The molecule has 1 heterocycles. The van der Waals surface area contributed by atoms with Crippen LogP contribution in [0.5, 0.6) is 5.75 Å². The summed E-state index contributed by atoms with van der Waals surface area (Å²) in [5, 5.41) is 8.91. The van der Waals surface area contributed by atoms with Gasteiger partial charge in [-0.15, -0.1) is 0 Å². The van der Waals surface area contributed by atoms with Crippen LogP contribution in [0.3, 0.4) is 0 Å². The number of hydrogen-bond acceptors (Lipinski definition) is 3. The van der Waals surface area contributed by atoms with Crippen molar-refractivity contribution in [3.05, 3.63) is 23.8 Å². The van der Waals surface area contributed by atoms with Gasteiger partial charge in [-0.25, -0.2) is 0 Å². The summed E-state index contributed by atoms with van der Waals surface area (Å²) in [6, 6.07) is 3.28. The lowest BCUT2D eigenvalue weighted by Gasteiger charge is -2.20. The van der Waals surface area contributed by atoms with Gasteiger partial charge in [-0.3, -0.25) is 9.59 Å². The lowest BCUT2D eigenvalue weighted by molar-refractivity contribution is -0.141. The largest absolute Gasteiger partial charge is 0.493 e. The van der Waals surface area contributed by atoms with Crippen LogP contribution in [0.15, 0.2) is 18.2 Å². The van der Waals surface area contributed by atoms with E-state index in [9.17, 15) is 22.8 Å². The highest BCUT2D eigenvalue weighted by Gasteiger charge is 2.38. The summed E-state index contributed by atoms with van der Waals surface area (Å²) in [4.78, 5) is 23.8. The molecule has 0 radical (unpaired) electrons. The van der Waals surface area contributed by atoms with Crippen LogP contribution in [0.25, 0.3) is 0 Å². The first-order chi connectivity index (χ1) is 10.2. The van der Waals surface area contributed by atoms with E-state index in [1.165, 1.54) is 6.07 Å². The lowest BCUT2D eigenvalue weighted by atomic mass is 10.1. The molecule has 0 spiro atoms. The summed E-state index contributed by atoms with van der Waals surface area (Å²) in [6.45, 7) is 1.50. The molecule has 0 aromatic heterocycles. The quantitative estimate of drug-likeness (QED) is 0.927. The van der Waals surface area contributed by atoms with E-state index in [2.05, 4.69) is 0 Å². The Morgan fingerprint density at radius 1 is 1.45 bits per heavy atom. The second kappa shape index (κ2) is 5.86. The molecule has 120 valence electrons. The van der Waals surface area contributed by atoms with Crippen molar-refractivity contribution in [3.63, 3.8) is 0 Å². The number of amides is 1. The van der Waals surface area contributed by atoms with E-state index in [1.54, 1.807) is 6.92 Å². The molecule has 0 bridgehead atoms. The molecule has 1 aliphatic heterocycles. The molecule has 1 unspecified atom stereocenters. The Labute approximate surface area is 124 Å². The topological polar surface area (TPSA) is 66.8 Å². The molecule has 1 amide bonds. The number of anilines is 1. The van der Waals surface area contributed by atoms with Gasteiger partial charge in [-0.2, -0.15) is 13.2 Å². The summed E-state index contributed by atoms with van der Waals surface area (Å²) in [6.07, 6.45) is -4.85. The molecule has 1 fully saturated rings. The van der Waals surface area contributed by atoms with Crippen LogP contribution in [0.2, 0.25) is 0 Å². The highest BCUT2D eigenvalue weighted by Crippen LogP contribution is 2.39. The molecule has 1 N–H and O–H groups in total. The average Bonchev–Trinajstić information content (AvgIpc) is 2.81. The summed E-state index contributed by atoms with van der Waals surface area (Å²) < 4.78 is 44.1. The maximum Gasteiger partial charge on any atom is 0.420 e. The monoisotopic (exact) mass is 317 g/mol. The zero-order valence-electron chi connectivity index (χ0n) is 11.7. The Morgan fingerprint density at radius 2 is 2.14 bits per heavy atom. The van der Waals surface area contributed by atoms with Gasteiger partial charge in [-0.1, -0.05) is 0 Å². The fourth-order valence-electron chi connectivity index (χ4n) is 2.31. The van der Waals surface area contributed by atoms with Gasteiger partial charge in [0.05, 0.1) is 18.1 Å². The van der Waals surface area contributed by atoms with Crippen molar-refractivity contribution in [2.75, 3.05) is 18.1 Å². The van der Waals surface area contributed by atoms with Crippen molar-refractivity contribution < 1.29 is 32.6 Å². The normalized spacial score (nSPS) is 18.6. The average molecular weight is 317 g/mol. The zero-order chi connectivity index (χ0) is 16.5. The van der Waals surface area contributed by atoms with Gasteiger partial charge in [0.15, 0.2) is 0 Å². The van der Waals surface area contributed by atoms with Crippen molar-refractivity contribution in [3.8, 4) is 5.75 Å². The van der Waals surface area contributed by atoms with Crippen LogP contribution in [-0.2, 0) is 15.8 Å². The number of halogens is 3. The predicted octanol–water partition coefficient (Wildman–Crippen LogP) is 2.54. The third-order valence-electron chi connectivity index (χ3n) is 3.35. The molecule has 1 aromatic rings. The van der Waals surface area contributed by atoms with Crippen LogP contribution in [0.4, 0.5) is 18.9 Å². The first kappa shape index (κ1) is 16.1. The Morgan fingerprint density at radius 3 is 2.64 bits per heavy atom. The van der Waals surface area contributed by atoms with Gasteiger partial charge in [0.25, 0.3) is 0 Å². The van der Waals surface area contributed by atoms with E-state index in [4.69, 9.17) is 9.84 Å². The van der Waals surface area contributed by atoms with Gasteiger partial charge >= 0.3 is 12.1 Å². The molecule has 0 aliphatic carbocycles. The van der Waals surface area contributed by atoms with Crippen molar-refractivity contribution in [1.82, 2.24) is 0 Å². The Kier molecular flexibility index (Phi) is 4.30. The van der Waals surface area contributed by atoms with Gasteiger partial charge in [0, 0.05) is 18.7 Å². The molecular weight excluding hydrogens is 303 g/mol. The number of carbonyl (C=O) groups is 2. The van der Waals surface area contributed by atoms with Gasteiger partial charge in [0.1, 0.15) is 5.75 Å². The number of nitrogens with zero attached hydrogens (tertiary/aromatic N) is 1. The second-order valence-electron chi connectivity index (χ2n) is 4.85. The predicted molar refractivity (Wildman–Crippen MR) is 70.7 cm³/mol. The minimum atomic E-state index is -4.63. The minimum Gasteiger partial charge on any atom is -0.493 e. The van der Waals surface area contributed by atoms with E-state index >= 15 is 0 Å². The maximum atomic E-state index is 13.1. The van der Waals surface area contributed by atoms with Crippen molar-refractivity contribution in [2.24, 2.45) is 5.92 Å². The standard InChI is InChI=1S/C14H14F3NO4/c1-2-22-11-4-3-9(6-10(11)14(15,16)17)18-7-8(13(20)21)5-12(18)19/h3-4,6,8H,2,5,7H2,1H3,(H,20,21). The fourth-order valence-corrected chi connectivity index (χ4v) is 2.31. The summed E-state index contributed by atoms with van der Waals surface area (Å²) in [7, 11) is 0. The lowest BCUT2D eigenvalue weighted by Crippen LogP contribution is -2.26. The van der Waals surface area contributed by atoms with Crippen LogP contribution in [0.1, 0.15) is 18.9 Å². The molecule has 22 heavy (non-hydrogen) atoms. The number of carboxylic acid groups (broad SMARTS) is 1. The SMILES string of the molecule is CCOc1ccc(N2CC(C(=O)O)CC2=O)cc1C(F)(F)F. The number of alkyl halides is 3. The zero-order valence-corrected chi connectivity index (χ0v) is 11.7. The highest BCUT2D eigenvalue weighted by atomic mass is 19.4. The second-order valence-corrected chi connectivity index (χ2v) is 4.85. The highest BCUT2D eigenvalue weighted by molar-refractivity contribution is 5.99. The van der Waals surface area contributed by atoms with Crippen LogP contribution in [0, 0.1) is 5.92 Å². The minimum absolute atomic E-state index is 0.0181. The third kappa shape index (κ3) is 3.15. The number of benzene rings is 1. The third-order valence-corrected chi connectivity index (χ3v) is 3.35. The Bertz CT molecular complexity index is 600. The molecule has 1 atom stereocenters. The number of carbonyl (C=O) groups excluding carboxylic acids is 1. The van der Waals surface area contributed by atoms with Gasteiger partial charge in [-0.05, 0) is 25.1 Å². The van der Waals surface area contributed by atoms with Gasteiger partial charge < -0.3 is 14.7 Å². The summed E-state index contributed by atoms with van der Waals surface area (Å²) in [5.74, 6) is -2.88. The van der Waals surface area contributed by atoms with E-state index in [0.717, 1.165) is 17.0 Å². The molecule has 1 saturated heterocycles. The van der Waals surface area contributed by atoms with Crippen LogP contribution >= 0.6 is 0 Å². The number of carboxylic acids is 1. The Balaban J connectivity index is 2.37. The number of ether oxygens (including phenoxy) is 1. The maximum absolute atomic E-state index is 13.1. The van der Waals surface area contributed by atoms with E-state index in [0.29, 0.717) is 0 Å². The summed E-state index contributed by atoms with van der Waals surface area (Å²) >= 11 is 0. The molecule has 2 rings (SSSR count). The van der Waals surface area contributed by atoms with E-state index in [-0.39, 0.29) is 31.0 Å². The number of hydrogen-bond donors (Lipinski definition) is 1. The van der Waals surface area contributed by atoms with Crippen molar-refractivity contribution in [2.45, 2.75) is 19.5 Å². The van der Waals surface area contributed by atoms with Crippen LogP contribution < -0.4 is 9.64 Å². The van der Waals surface area contributed by atoms with E-state index in [1.807, 2.05) is 0 Å². The molecule has 1 aromatic carbocycles. The summed E-state index contributed by atoms with van der Waals surface area (Å²) in [5.41, 5.74) is -0.969. The molecule has 1 aliphatic rings. The number of aliphatic carboxylic acids is 1. The molecule has 0 saturated carbocycles. The Hall–Kier alpha value is -2.25. The first-order valence-corrected chi connectivity index (χ1v) is 6.61. The smallest absolute Gasteiger partial charge is 0.420 e. The molecule has 8 heteroatoms. The van der Waals surface area contributed by atoms with Crippen LogP contribution in [-0.4, -0.2) is 30.1 Å². The molecular formula is C14H14F3NO4. The van der Waals surface area contributed by atoms with E-state index < -0.39 is 29.5 Å². The number of rotatable bonds is 4. The van der Waals surface area contributed by atoms with Gasteiger partial charge in [0.2, 0.25) is 5.91 Å². The fraction of sp³-hybridized carbons (Fsp3) is 0.429. The van der Waals surface area contributed by atoms with Crippen molar-refractivity contribution in [1.29, 1.82) is 0 Å².